The number of ether oxygens (including phenoxy) is 1. The molecule has 0 unspecified atom stereocenters. The maximum Gasteiger partial charge on any atom is 0.236 e. The third-order valence-electron chi connectivity index (χ3n) is 5.11. The van der Waals surface area contributed by atoms with Gasteiger partial charge in [-0.15, -0.1) is 28.1 Å². The molecule has 1 amide bonds. The molecule has 0 saturated carbocycles. The van der Waals surface area contributed by atoms with Gasteiger partial charge in [-0.1, -0.05) is 57.5 Å². The highest BCUT2D eigenvalue weighted by Crippen LogP contribution is 2.28. The Balaban J connectivity index is 1.36. The summed E-state index contributed by atoms with van der Waals surface area (Å²) in [4.78, 5) is 17.1. The first-order valence-electron chi connectivity index (χ1n) is 10.9. The number of hydrogen-bond acceptors (Lipinski definition) is 7. The molecule has 0 atom stereocenters. The lowest BCUT2D eigenvalue weighted by Gasteiger charge is -2.11. The van der Waals surface area contributed by atoms with Crippen LogP contribution in [-0.4, -0.2) is 31.4 Å². The van der Waals surface area contributed by atoms with Crippen LogP contribution >= 0.6 is 50.6 Å². The zero-order chi connectivity index (χ0) is 25.7. The summed E-state index contributed by atoms with van der Waals surface area (Å²) in [5.74, 6) is 1.35. The highest BCUT2D eigenvalue weighted by Gasteiger charge is 2.16. The molecule has 0 spiro atoms. The van der Waals surface area contributed by atoms with Gasteiger partial charge in [-0.05, 0) is 49.2 Å². The van der Waals surface area contributed by atoms with E-state index in [1.165, 1.54) is 23.1 Å². The largest absolute Gasteiger partial charge is 0.486 e. The van der Waals surface area contributed by atoms with Gasteiger partial charge in [0.2, 0.25) is 5.91 Å². The van der Waals surface area contributed by atoms with Gasteiger partial charge in [0.15, 0.2) is 16.1 Å². The Hall–Kier alpha value is -2.66. The van der Waals surface area contributed by atoms with E-state index >= 15 is 0 Å². The van der Waals surface area contributed by atoms with Crippen molar-refractivity contribution in [2.75, 3.05) is 11.1 Å². The monoisotopic (exact) mass is 603 g/mol. The summed E-state index contributed by atoms with van der Waals surface area (Å²) >= 11 is 12.4. The van der Waals surface area contributed by atoms with Crippen molar-refractivity contribution in [2.45, 2.75) is 32.2 Å². The minimum Gasteiger partial charge on any atom is -0.486 e. The van der Waals surface area contributed by atoms with Crippen LogP contribution in [-0.2, 0) is 17.9 Å². The molecule has 1 N–H and O–H groups in total. The average molecular weight is 605 g/mol. The number of hydrogen-bond donors (Lipinski definition) is 1. The summed E-state index contributed by atoms with van der Waals surface area (Å²) < 4.78 is 8.83. The van der Waals surface area contributed by atoms with E-state index in [4.69, 9.17) is 16.3 Å². The molecular formula is C25H23BrClN5O2S2. The predicted molar refractivity (Wildman–Crippen MR) is 150 cm³/mol. The van der Waals surface area contributed by atoms with Crippen LogP contribution in [0.3, 0.4) is 0 Å². The molecule has 0 radical (unpaired) electrons. The van der Waals surface area contributed by atoms with E-state index in [-0.39, 0.29) is 18.3 Å². The van der Waals surface area contributed by atoms with Gasteiger partial charge in [0.25, 0.3) is 0 Å². The number of thioether (sulfide) groups is 1. The normalized spacial score (nSPS) is 10.9. The molecule has 0 bridgehead atoms. The van der Waals surface area contributed by atoms with Crippen molar-refractivity contribution in [1.29, 1.82) is 0 Å². The van der Waals surface area contributed by atoms with E-state index in [1.54, 1.807) is 6.08 Å². The van der Waals surface area contributed by atoms with Crippen molar-refractivity contribution in [3.63, 3.8) is 0 Å². The molecule has 2 aromatic carbocycles. The maximum absolute atomic E-state index is 12.6. The molecule has 0 saturated heterocycles. The van der Waals surface area contributed by atoms with Crippen molar-refractivity contribution in [1.82, 2.24) is 19.7 Å². The number of amides is 1. The topological polar surface area (TPSA) is 81.9 Å². The van der Waals surface area contributed by atoms with Gasteiger partial charge in [-0.3, -0.25) is 9.36 Å². The molecule has 36 heavy (non-hydrogen) atoms. The zero-order valence-electron chi connectivity index (χ0n) is 19.6. The molecule has 0 aliphatic carbocycles. The molecule has 0 fully saturated rings. The van der Waals surface area contributed by atoms with Crippen LogP contribution in [0.25, 0.3) is 11.3 Å². The van der Waals surface area contributed by atoms with Crippen molar-refractivity contribution in [2.24, 2.45) is 0 Å². The van der Waals surface area contributed by atoms with E-state index in [1.807, 2.05) is 60.2 Å². The second kappa shape index (κ2) is 12.1. The molecule has 0 aliphatic heterocycles. The second-order valence-electron chi connectivity index (χ2n) is 7.84. The number of rotatable bonds is 10. The van der Waals surface area contributed by atoms with Crippen LogP contribution in [0.4, 0.5) is 5.13 Å². The maximum atomic E-state index is 12.6. The SMILES string of the molecule is C=CCn1c(COc2cc(C)c(Cl)c(C)c2)nnc1SCC(=O)Nc1nc(-c2ccc(Br)cc2)cs1. The summed E-state index contributed by atoms with van der Waals surface area (Å²) in [6, 6.07) is 11.7. The molecule has 186 valence electrons. The molecule has 2 aromatic heterocycles. The van der Waals surface area contributed by atoms with E-state index in [9.17, 15) is 4.79 Å². The molecule has 4 rings (SSSR count). The number of benzene rings is 2. The second-order valence-corrected chi connectivity index (χ2v) is 10.9. The van der Waals surface area contributed by atoms with Crippen molar-refractivity contribution in [3.05, 3.63) is 80.9 Å². The number of thiazole rings is 1. The van der Waals surface area contributed by atoms with E-state index in [0.29, 0.717) is 28.4 Å². The molecule has 0 aliphatic rings. The van der Waals surface area contributed by atoms with Crippen LogP contribution in [0, 0.1) is 13.8 Å². The molecule has 4 aromatic rings. The standard InChI is InChI=1S/C25H23BrClN5O2S2/c1-4-9-32-21(12-34-19-10-15(2)23(27)16(3)11-19)30-31-25(32)36-14-22(33)29-24-28-20(13-35-24)17-5-7-18(26)8-6-17/h4-8,10-11,13H,1,9,12,14H2,2-3H3,(H,28,29,33). The number of halogens is 2. The average Bonchev–Trinajstić information content (AvgIpc) is 3.47. The molecular weight excluding hydrogens is 582 g/mol. The Morgan fingerprint density at radius 3 is 2.67 bits per heavy atom. The molecule has 2 heterocycles. The Morgan fingerprint density at radius 1 is 1.25 bits per heavy atom. The van der Waals surface area contributed by atoms with E-state index < -0.39 is 0 Å². The third-order valence-corrected chi connectivity index (χ3v) is 7.96. The van der Waals surface area contributed by atoms with Crippen LogP contribution in [0.2, 0.25) is 5.02 Å². The van der Waals surface area contributed by atoms with Gasteiger partial charge in [0.1, 0.15) is 12.4 Å². The Kier molecular flexibility index (Phi) is 8.84. The lowest BCUT2D eigenvalue weighted by molar-refractivity contribution is -0.113. The fourth-order valence-electron chi connectivity index (χ4n) is 3.35. The highest BCUT2D eigenvalue weighted by molar-refractivity contribution is 9.10. The van der Waals surface area contributed by atoms with Gasteiger partial charge in [-0.25, -0.2) is 4.98 Å². The fourth-order valence-corrected chi connectivity index (χ4v) is 5.23. The minimum absolute atomic E-state index is 0.166. The summed E-state index contributed by atoms with van der Waals surface area (Å²) in [5, 5.41) is 15.2. The Bertz CT molecular complexity index is 1360. The summed E-state index contributed by atoms with van der Waals surface area (Å²) in [7, 11) is 0. The van der Waals surface area contributed by atoms with E-state index in [0.717, 1.165) is 31.9 Å². The van der Waals surface area contributed by atoms with Gasteiger partial charge < -0.3 is 10.1 Å². The van der Waals surface area contributed by atoms with E-state index in [2.05, 4.69) is 43.0 Å². The van der Waals surface area contributed by atoms with Gasteiger partial charge >= 0.3 is 0 Å². The number of carbonyl (C=O) groups is 1. The first-order valence-corrected chi connectivity index (χ1v) is 13.9. The first kappa shape index (κ1) is 26.4. The zero-order valence-corrected chi connectivity index (χ0v) is 23.6. The molecule has 7 nitrogen and oxygen atoms in total. The van der Waals surface area contributed by atoms with Crippen LogP contribution in [0.1, 0.15) is 17.0 Å². The van der Waals surface area contributed by atoms with Crippen molar-refractivity contribution < 1.29 is 9.53 Å². The number of aromatic nitrogens is 4. The van der Waals surface area contributed by atoms with Crippen LogP contribution in [0.5, 0.6) is 5.75 Å². The summed E-state index contributed by atoms with van der Waals surface area (Å²) in [6.07, 6.45) is 1.76. The smallest absolute Gasteiger partial charge is 0.236 e. The fraction of sp³-hybridized carbons (Fsp3) is 0.200. The number of nitrogens with zero attached hydrogens (tertiary/aromatic N) is 4. The van der Waals surface area contributed by atoms with Gasteiger partial charge in [0, 0.05) is 27.0 Å². The van der Waals surface area contributed by atoms with Crippen molar-refractivity contribution in [3.8, 4) is 17.0 Å². The Labute approximate surface area is 231 Å². The van der Waals surface area contributed by atoms with Gasteiger partial charge in [0.05, 0.1) is 11.4 Å². The summed E-state index contributed by atoms with van der Waals surface area (Å²) in [5.41, 5.74) is 3.70. The quantitative estimate of drug-likeness (QED) is 0.156. The van der Waals surface area contributed by atoms with Crippen LogP contribution < -0.4 is 10.1 Å². The number of allylic oxidation sites excluding steroid dienone is 1. The predicted octanol–water partition coefficient (Wildman–Crippen LogP) is 6.93. The molecule has 11 heteroatoms. The number of carbonyl (C=O) groups excluding carboxylic acids is 1. The number of nitrogens with one attached hydrogen (secondary N) is 1. The van der Waals surface area contributed by atoms with Crippen LogP contribution in [0.15, 0.2) is 64.1 Å². The lowest BCUT2D eigenvalue weighted by Crippen LogP contribution is -2.15. The van der Waals surface area contributed by atoms with Gasteiger partial charge in [-0.2, -0.15) is 0 Å². The first-order chi connectivity index (χ1) is 17.3. The lowest BCUT2D eigenvalue weighted by atomic mass is 10.1. The third kappa shape index (κ3) is 6.56. The summed E-state index contributed by atoms with van der Waals surface area (Å²) in [6.45, 7) is 8.43. The number of anilines is 1. The number of aryl methyl sites for hydroxylation is 2. The Morgan fingerprint density at radius 2 is 1.97 bits per heavy atom. The minimum atomic E-state index is -0.172. The van der Waals surface area contributed by atoms with Crippen molar-refractivity contribution >= 4 is 61.7 Å². The highest BCUT2D eigenvalue weighted by atomic mass is 79.9.